The smallest absolute Gasteiger partial charge is 0.374 e. The fourth-order valence-corrected chi connectivity index (χ4v) is 2.54. The van der Waals surface area contributed by atoms with Gasteiger partial charge < -0.3 is 14.1 Å². The summed E-state index contributed by atoms with van der Waals surface area (Å²) in [6, 6.07) is 11.3. The first-order valence-electron chi connectivity index (χ1n) is 7.21. The standard InChI is InChI=1S/C17H17NO4/c1-12-6-7-15(22-12)17(20)21-11-16(19)18-9-8-13-4-2-3-5-14(13)10-18/h2-7H,8-11H2,1H3. The predicted octanol–water partition coefficient (Wildman–Crippen LogP) is 2.33. The van der Waals surface area contributed by atoms with Crippen molar-refractivity contribution in [3.63, 3.8) is 0 Å². The molecule has 0 fully saturated rings. The molecule has 1 aromatic carbocycles. The third-order valence-corrected chi connectivity index (χ3v) is 3.75. The summed E-state index contributed by atoms with van der Waals surface area (Å²) in [5, 5.41) is 0. The molecule has 0 spiro atoms. The lowest BCUT2D eigenvalue weighted by Gasteiger charge is -2.28. The summed E-state index contributed by atoms with van der Waals surface area (Å²) in [5.74, 6) is -0.0507. The normalized spacial score (nSPS) is 13.6. The second-order valence-electron chi connectivity index (χ2n) is 5.32. The molecular formula is C17H17NO4. The Morgan fingerprint density at radius 2 is 1.95 bits per heavy atom. The molecule has 22 heavy (non-hydrogen) atoms. The number of hydrogen-bond donors (Lipinski definition) is 0. The molecule has 2 heterocycles. The molecule has 114 valence electrons. The molecule has 0 bridgehead atoms. The number of furan rings is 1. The van der Waals surface area contributed by atoms with Gasteiger partial charge in [-0.3, -0.25) is 4.79 Å². The fourth-order valence-electron chi connectivity index (χ4n) is 2.54. The van der Waals surface area contributed by atoms with Gasteiger partial charge in [-0.25, -0.2) is 4.79 Å². The van der Waals surface area contributed by atoms with Crippen molar-refractivity contribution in [3.05, 3.63) is 59.0 Å². The number of rotatable bonds is 3. The highest BCUT2D eigenvalue weighted by atomic mass is 16.5. The number of carbonyl (C=O) groups is 2. The van der Waals surface area contributed by atoms with Gasteiger partial charge in [0.25, 0.3) is 5.91 Å². The molecule has 0 saturated heterocycles. The Bertz CT molecular complexity index is 704. The first kappa shape index (κ1) is 14.4. The third-order valence-electron chi connectivity index (χ3n) is 3.75. The number of aryl methyl sites for hydroxylation is 1. The summed E-state index contributed by atoms with van der Waals surface area (Å²) < 4.78 is 10.2. The van der Waals surface area contributed by atoms with Crippen molar-refractivity contribution in [2.75, 3.05) is 13.2 Å². The predicted molar refractivity (Wildman–Crippen MR) is 79.3 cm³/mol. The molecular weight excluding hydrogens is 282 g/mol. The number of amides is 1. The van der Waals surface area contributed by atoms with Gasteiger partial charge in [0.15, 0.2) is 6.61 Å². The Morgan fingerprint density at radius 3 is 2.68 bits per heavy atom. The first-order valence-corrected chi connectivity index (χ1v) is 7.21. The minimum Gasteiger partial charge on any atom is -0.454 e. The Labute approximate surface area is 128 Å². The number of fused-ring (bicyclic) bond motifs is 1. The van der Waals surface area contributed by atoms with E-state index in [9.17, 15) is 9.59 Å². The van der Waals surface area contributed by atoms with E-state index in [0.29, 0.717) is 18.8 Å². The molecule has 0 aliphatic carbocycles. The van der Waals surface area contributed by atoms with Gasteiger partial charge in [0.1, 0.15) is 5.76 Å². The molecule has 5 heteroatoms. The van der Waals surface area contributed by atoms with Crippen LogP contribution in [0.15, 0.2) is 40.8 Å². The van der Waals surface area contributed by atoms with E-state index in [4.69, 9.17) is 9.15 Å². The zero-order chi connectivity index (χ0) is 15.5. The van der Waals surface area contributed by atoms with E-state index >= 15 is 0 Å². The summed E-state index contributed by atoms with van der Waals surface area (Å²) in [5.41, 5.74) is 2.42. The Hall–Kier alpha value is -2.56. The van der Waals surface area contributed by atoms with Crippen molar-refractivity contribution >= 4 is 11.9 Å². The van der Waals surface area contributed by atoms with Gasteiger partial charge in [-0.2, -0.15) is 0 Å². The van der Waals surface area contributed by atoms with E-state index in [0.717, 1.165) is 12.0 Å². The number of nitrogens with zero attached hydrogens (tertiary/aromatic N) is 1. The van der Waals surface area contributed by atoms with E-state index in [1.54, 1.807) is 24.0 Å². The van der Waals surface area contributed by atoms with E-state index in [1.807, 2.05) is 18.2 Å². The maximum atomic E-state index is 12.2. The highest BCUT2D eigenvalue weighted by Crippen LogP contribution is 2.18. The molecule has 0 radical (unpaired) electrons. The molecule has 1 aliphatic rings. The number of benzene rings is 1. The molecule has 5 nitrogen and oxygen atoms in total. The van der Waals surface area contributed by atoms with Gasteiger partial charge in [0.2, 0.25) is 5.76 Å². The first-order chi connectivity index (χ1) is 10.6. The van der Waals surface area contributed by atoms with Gasteiger partial charge in [0.05, 0.1) is 0 Å². The highest BCUT2D eigenvalue weighted by molar-refractivity contribution is 5.88. The third kappa shape index (κ3) is 3.03. The summed E-state index contributed by atoms with van der Waals surface area (Å²) in [6.07, 6.45) is 0.827. The fraction of sp³-hybridized carbons (Fsp3) is 0.294. The van der Waals surface area contributed by atoms with Crippen LogP contribution in [0, 0.1) is 6.92 Å². The maximum absolute atomic E-state index is 12.2. The van der Waals surface area contributed by atoms with Crippen molar-refractivity contribution < 1.29 is 18.7 Å². The average molecular weight is 299 g/mol. The Morgan fingerprint density at radius 1 is 1.18 bits per heavy atom. The van der Waals surface area contributed by atoms with E-state index in [-0.39, 0.29) is 18.3 Å². The lowest BCUT2D eigenvalue weighted by Crippen LogP contribution is -2.38. The lowest BCUT2D eigenvalue weighted by atomic mass is 10.00. The van der Waals surface area contributed by atoms with Crippen LogP contribution in [0.2, 0.25) is 0 Å². The van der Waals surface area contributed by atoms with Crippen molar-refractivity contribution in [1.29, 1.82) is 0 Å². The van der Waals surface area contributed by atoms with E-state index < -0.39 is 5.97 Å². The minimum absolute atomic E-state index is 0.120. The van der Waals surface area contributed by atoms with Crippen LogP contribution in [0.3, 0.4) is 0 Å². The molecule has 0 saturated carbocycles. The number of hydrogen-bond acceptors (Lipinski definition) is 4. The van der Waals surface area contributed by atoms with E-state index in [2.05, 4.69) is 6.07 Å². The van der Waals surface area contributed by atoms with Gasteiger partial charge in [-0.1, -0.05) is 24.3 Å². The zero-order valence-electron chi connectivity index (χ0n) is 12.4. The van der Waals surface area contributed by atoms with Crippen molar-refractivity contribution in [2.45, 2.75) is 19.9 Å². The second-order valence-corrected chi connectivity index (χ2v) is 5.32. The average Bonchev–Trinajstić information content (AvgIpc) is 2.98. The Kier molecular flexibility index (Phi) is 3.96. The SMILES string of the molecule is Cc1ccc(C(=O)OCC(=O)N2CCc3ccccc3C2)o1. The molecule has 3 rings (SSSR count). The zero-order valence-corrected chi connectivity index (χ0v) is 12.4. The number of esters is 1. The maximum Gasteiger partial charge on any atom is 0.374 e. The summed E-state index contributed by atoms with van der Waals surface area (Å²) in [4.78, 5) is 25.6. The highest BCUT2D eigenvalue weighted by Gasteiger charge is 2.22. The quantitative estimate of drug-likeness (QED) is 0.816. The van der Waals surface area contributed by atoms with Crippen LogP contribution < -0.4 is 0 Å². The van der Waals surface area contributed by atoms with Crippen LogP contribution >= 0.6 is 0 Å². The second kappa shape index (κ2) is 6.05. The van der Waals surface area contributed by atoms with Crippen LogP contribution in [0.5, 0.6) is 0 Å². The topological polar surface area (TPSA) is 59.8 Å². The van der Waals surface area contributed by atoms with Gasteiger partial charge in [0, 0.05) is 13.1 Å². The van der Waals surface area contributed by atoms with Crippen molar-refractivity contribution in [1.82, 2.24) is 4.90 Å². The monoisotopic (exact) mass is 299 g/mol. The molecule has 0 atom stereocenters. The summed E-state index contributed by atoms with van der Waals surface area (Å²) >= 11 is 0. The lowest BCUT2D eigenvalue weighted by molar-refractivity contribution is -0.135. The summed E-state index contributed by atoms with van der Waals surface area (Å²) in [7, 11) is 0. The van der Waals surface area contributed by atoms with Gasteiger partial charge >= 0.3 is 5.97 Å². The molecule has 2 aromatic rings. The molecule has 1 aromatic heterocycles. The number of carbonyl (C=O) groups excluding carboxylic acids is 2. The van der Waals surface area contributed by atoms with Crippen LogP contribution in [0.4, 0.5) is 0 Å². The minimum atomic E-state index is -0.612. The van der Waals surface area contributed by atoms with Crippen LogP contribution in [0.25, 0.3) is 0 Å². The number of ether oxygens (including phenoxy) is 1. The van der Waals surface area contributed by atoms with Crippen LogP contribution in [0.1, 0.15) is 27.4 Å². The van der Waals surface area contributed by atoms with Crippen molar-refractivity contribution in [3.8, 4) is 0 Å². The molecule has 0 unspecified atom stereocenters. The molecule has 1 amide bonds. The van der Waals surface area contributed by atoms with Gasteiger partial charge in [-0.05, 0) is 36.6 Å². The largest absolute Gasteiger partial charge is 0.454 e. The van der Waals surface area contributed by atoms with Crippen molar-refractivity contribution in [2.24, 2.45) is 0 Å². The van der Waals surface area contributed by atoms with Crippen LogP contribution in [-0.2, 0) is 22.5 Å². The summed E-state index contributed by atoms with van der Waals surface area (Å²) in [6.45, 7) is 2.69. The van der Waals surface area contributed by atoms with E-state index in [1.165, 1.54) is 5.56 Å². The molecule has 0 N–H and O–H groups in total. The van der Waals surface area contributed by atoms with Gasteiger partial charge in [-0.15, -0.1) is 0 Å². The molecule has 1 aliphatic heterocycles. The Balaban J connectivity index is 1.56. The van der Waals surface area contributed by atoms with Crippen LogP contribution in [-0.4, -0.2) is 29.9 Å².